The molecule has 1 aromatic heterocycles. The molecule has 1 amide bonds. The normalized spacial score (nSPS) is 24.8. The molecule has 6 nitrogen and oxygen atoms in total. The Morgan fingerprint density at radius 2 is 1.92 bits per heavy atom. The van der Waals surface area contributed by atoms with Crippen molar-refractivity contribution in [1.82, 2.24) is 15.3 Å². The van der Waals surface area contributed by atoms with Gasteiger partial charge in [-0.15, -0.1) is 0 Å². The highest BCUT2D eigenvalue weighted by atomic mass is 16.5. The lowest BCUT2D eigenvalue weighted by Crippen LogP contribution is -2.47. The number of hydrogen-bond acceptors (Lipinski definition) is 5. The van der Waals surface area contributed by atoms with Crippen molar-refractivity contribution in [3.63, 3.8) is 0 Å². The van der Waals surface area contributed by atoms with E-state index in [2.05, 4.69) is 27.1 Å². The van der Waals surface area contributed by atoms with Gasteiger partial charge in [0.1, 0.15) is 0 Å². The number of aryl methyl sites for hydroxylation is 1. The van der Waals surface area contributed by atoms with Gasteiger partial charge in [0, 0.05) is 36.8 Å². The summed E-state index contributed by atoms with van der Waals surface area (Å²) in [6.45, 7) is 5.82. The van der Waals surface area contributed by atoms with Gasteiger partial charge >= 0.3 is 0 Å². The van der Waals surface area contributed by atoms with Crippen molar-refractivity contribution in [3.8, 4) is 5.88 Å². The molecule has 138 valence electrons. The number of rotatable bonds is 4. The minimum atomic E-state index is 0.108. The van der Waals surface area contributed by atoms with Gasteiger partial charge < -0.3 is 15.0 Å². The number of carbonyl (C=O) groups excluding carboxylic acids is 1. The first-order valence-corrected chi connectivity index (χ1v) is 9.52. The van der Waals surface area contributed by atoms with E-state index in [4.69, 9.17) is 4.74 Å². The highest BCUT2D eigenvalue weighted by molar-refractivity contribution is 5.79. The third-order valence-electron chi connectivity index (χ3n) is 5.62. The summed E-state index contributed by atoms with van der Waals surface area (Å²) in [6.07, 6.45) is 6.60. The summed E-state index contributed by atoms with van der Waals surface area (Å²) in [6, 6.07) is 2.19. The van der Waals surface area contributed by atoms with Crippen LogP contribution in [0.1, 0.15) is 51.1 Å². The van der Waals surface area contributed by atoms with Crippen LogP contribution >= 0.6 is 0 Å². The monoisotopic (exact) mass is 346 g/mol. The summed E-state index contributed by atoms with van der Waals surface area (Å²) in [7, 11) is 1.62. The van der Waals surface area contributed by atoms with Crippen molar-refractivity contribution in [1.29, 1.82) is 0 Å². The summed E-state index contributed by atoms with van der Waals surface area (Å²) < 4.78 is 5.24. The fraction of sp³-hybridized carbons (Fsp3) is 0.737. The van der Waals surface area contributed by atoms with E-state index in [1.54, 1.807) is 7.11 Å². The van der Waals surface area contributed by atoms with Gasteiger partial charge in [-0.1, -0.05) is 19.8 Å². The molecule has 6 heteroatoms. The summed E-state index contributed by atoms with van der Waals surface area (Å²) >= 11 is 0. The zero-order chi connectivity index (χ0) is 17.8. The molecule has 2 atom stereocenters. The fourth-order valence-electron chi connectivity index (χ4n) is 3.94. The van der Waals surface area contributed by atoms with Crippen LogP contribution < -0.4 is 15.0 Å². The van der Waals surface area contributed by atoms with Crippen LogP contribution in [0.2, 0.25) is 0 Å². The SMILES string of the molecule is COc1cc(C)nc(N2CCC(C(=O)NC3CCCCC3C)CC2)n1. The number of methoxy groups -OCH3 is 1. The second-order valence-corrected chi connectivity index (χ2v) is 7.49. The number of nitrogens with zero attached hydrogens (tertiary/aromatic N) is 3. The van der Waals surface area contributed by atoms with Crippen molar-refractivity contribution >= 4 is 11.9 Å². The molecule has 0 aromatic carbocycles. The van der Waals surface area contributed by atoms with Crippen LogP contribution in [0.5, 0.6) is 5.88 Å². The first-order valence-electron chi connectivity index (χ1n) is 9.52. The fourth-order valence-corrected chi connectivity index (χ4v) is 3.94. The lowest BCUT2D eigenvalue weighted by atomic mass is 9.85. The molecule has 2 fully saturated rings. The number of anilines is 1. The van der Waals surface area contributed by atoms with Crippen LogP contribution in [0.4, 0.5) is 5.95 Å². The quantitative estimate of drug-likeness (QED) is 0.908. The van der Waals surface area contributed by atoms with Crippen molar-refractivity contribution in [2.24, 2.45) is 11.8 Å². The number of amides is 1. The van der Waals surface area contributed by atoms with Crippen LogP contribution in [-0.2, 0) is 4.79 Å². The minimum Gasteiger partial charge on any atom is -0.481 e. The topological polar surface area (TPSA) is 67.3 Å². The molecule has 2 aliphatic rings. The average molecular weight is 346 g/mol. The third-order valence-corrected chi connectivity index (χ3v) is 5.62. The second kappa shape index (κ2) is 8.02. The van der Waals surface area contributed by atoms with Gasteiger partial charge in [-0.05, 0) is 38.5 Å². The zero-order valence-corrected chi connectivity index (χ0v) is 15.6. The van der Waals surface area contributed by atoms with Crippen LogP contribution in [0.15, 0.2) is 6.07 Å². The smallest absolute Gasteiger partial charge is 0.228 e. The summed E-state index contributed by atoms with van der Waals surface area (Å²) in [4.78, 5) is 23.7. The van der Waals surface area contributed by atoms with Gasteiger partial charge in [-0.25, -0.2) is 4.98 Å². The van der Waals surface area contributed by atoms with Gasteiger partial charge in [0.2, 0.25) is 17.7 Å². The molecule has 2 unspecified atom stereocenters. The van der Waals surface area contributed by atoms with Crippen LogP contribution in [0.3, 0.4) is 0 Å². The highest BCUT2D eigenvalue weighted by Crippen LogP contribution is 2.26. The van der Waals surface area contributed by atoms with Crippen molar-refractivity contribution in [3.05, 3.63) is 11.8 Å². The number of carbonyl (C=O) groups is 1. The molecule has 0 radical (unpaired) electrons. The maximum atomic E-state index is 12.6. The van der Waals surface area contributed by atoms with E-state index in [1.165, 1.54) is 19.3 Å². The van der Waals surface area contributed by atoms with E-state index in [9.17, 15) is 4.79 Å². The van der Waals surface area contributed by atoms with E-state index in [0.717, 1.165) is 38.0 Å². The first-order chi connectivity index (χ1) is 12.1. The second-order valence-electron chi connectivity index (χ2n) is 7.49. The number of piperidine rings is 1. The molecule has 1 N–H and O–H groups in total. The van der Waals surface area contributed by atoms with Crippen molar-refractivity contribution in [2.75, 3.05) is 25.1 Å². The van der Waals surface area contributed by atoms with Crippen LogP contribution in [0.25, 0.3) is 0 Å². The van der Waals surface area contributed by atoms with E-state index in [1.807, 2.05) is 13.0 Å². The number of hydrogen-bond donors (Lipinski definition) is 1. The summed E-state index contributed by atoms with van der Waals surface area (Å²) in [5.41, 5.74) is 0.896. The van der Waals surface area contributed by atoms with Crippen molar-refractivity contribution < 1.29 is 9.53 Å². The van der Waals surface area contributed by atoms with Gasteiger partial charge in [-0.2, -0.15) is 4.98 Å². The average Bonchev–Trinajstić information content (AvgIpc) is 2.63. The molecule has 0 spiro atoms. The maximum absolute atomic E-state index is 12.6. The molecule has 1 saturated heterocycles. The van der Waals surface area contributed by atoms with E-state index >= 15 is 0 Å². The zero-order valence-electron chi connectivity index (χ0n) is 15.6. The van der Waals surface area contributed by atoms with Gasteiger partial charge in [0.05, 0.1) is 7.11 Å². The molecule has 1 aliphatic heterocycles. The molecule has 0 bridgehead atoms. The Bertz CT molecular complexity index is 599. The molecule has 1 aliphatic carbocycles. The Morgan fingerprint density at radius 3 is 2.60 bits per heavy atom. The molecule has 1 saturated carbocycles. The molecular weight excluding hydrogens is 316 g/mol. The molecule has 1 aromatic rings. The molecular formula is C19H30N4O2. The Labute approximate surface area is 150 Å². The van der Waals surface area contributed by atoms with E-state index in [-0.39, 0.29) is 11.8 Å². The largest absolute Gasteiger partial charge is 0.481 e. The molecule has 25 heavy (non-hydrogen) atoms. The standard InChI is InChI=1S/C19H30N4O2/c1-13-6-4-5-7-16(13)21-18(24)15-8-10-23(11-9-15)19-20-14(2)12-17(22-19)25-3/h12-13,15-16H,4-11H2,1-3H3,(H,21,24). The predicted octanol–water partition coefficient (Wildman–Crippen LogP) is 2.70. The molecule has 2 heterocycles. The van der Waals surface area contributed by atoms with Gasteiger partial charge in [-0.3, -0.25) is 4.79 Å². The minimum absolute atomic E-state index is 0.108. The lowest BCUT2D eigenvalue weighted by molar-refractivity contribution is -0.126. The van der Waals surface area contributed by atoms with Crippen LogP contribution in [-0.4, -0.2) is 42.1 Å². The predicted molar refractivity (Wildman–Crippen MR) is 97.8 cm³/mol. The number of ether oxygens (including phenoxy) is 1. The maximum Gasteiger partial charge on any atom is 0.228 e. The first kappa shape index (κ1) is 18.0. The van der Waals surface area contributed by atoms with E-state index < -0.39 is 0 Å². The Morgan fingerprint density at radius 1 is 1.20 bits per heavy atom. The Balaban J connectivity index is 1.54. The van der Waals surface area contributed by atoms with E-state index in [0.29, 0.717) is 23.8 Å². The molecule has 3 rings (SSSR count). The Kier molecular flexibility index (Phi) is 5.76. The number of aromatic nitrogens is 2. The summed E-state index contributed by atoms with van der Waals surface area (Å²) in [5, 5.41) is 3.31. The Hall–Kier alpha value is -1.85. The van der Waals surface area contributed by atoms with Crippen LogP contribution in [0, 0.1) is 18.8 Å². The van der Waals surface area contributed by atoms with Crippen molar-refractivity contribution in [2.45, 2.75) is 58.4 Å². The van der Waals surface area contributed by atoms with Gasteiger partial charge in [0.15, 0.2) is 0 Å². The third kappa shape index (κ3) is 4.41. The van der Waals surface area contributed by atoms with Gasteiger partial charge in [0.25, 0.3) is 0 Å². The lowest BCUT2D eigenvalue weighted by Gasteiger charge is -2.34. The highest BCUT2D eigenvalue weighted by Gasteiger charge is 2.29. The number of nitrogens with one attached hydrogen (secondary N) is 1. The summed E-state index contributed by atoms with van der Waals surface area (Å²) in [5.74, 6) is 2.24.